The Labute approximate surface area is 618 Å². The standard InChI is InChI=1S/C32H16N8.3C4H10O5S2.C3H8O5S2.CH3.Cu.4Na/c1-2-10-18-17(9-1)25-33-26(18)38-28-21-13-5-6-14-22(21)30(35-28)40-32-24-16-8-7-15-23(24)31(36-32)39-29-20-12-4-3-11-19(20)27(34-29)37-25;3*1-10(5,6)3-2-4-11(7,8)9;4-1-2-10(7,8)3-9(5)6;;;;;;/h1-16H;3*2-4H2,1H3,(H,7,8,9);4H,1-3H2,(H,5,6);1H3;;;;;/q-2;;;;;-1;+2;4*+1/p-4. The van der Waals surface area contributed by atoms with Crippen molar-refractivity contribution < 1.29 is 222 Å². The number of rotatable bonds is 16. The van der Waals surface area contributed by atoms with Gasteiger partial charge in [-0.05, 0) is 51.9 Å². The van der Waals surface area contributed by atoms with E-state index in [1.165, 1.54) is 0 Å². The minimum atomic E-state index is -4.26. The van der Waals surface area contributed by atoms with Crippen molar-refractivity contribution in [3.05, 3.63) is 104 Å². The minimum absolute atomic E-state index is 0. The van der Waals surface area contributed by atoms with Crippen molar-refractivity contribution >= 4 is 125 Å². The van der Waals surface area contributed by atoms with Gasteiger partial charge in [-0.2, -0.15) is 0 Å². The zero-order valence-electron chi connectivity index (χ0n) is 49.1. The van der Waals surface area contributed by atoms with Crippen LogP contribution < -0.4 is 128 Å². The van der Waals surface area contributed by atoms with Crippen molar-refractivity contribution in [2.45, 2.75) is 19.3 Å². The van der Waals surface area contributed by atoms with E-state index in [9.17, 15) is 81.3 Å². The summed E-state index contributed by atoms with van der Waals surface area (Å²) in [6.45, 7) is -0.542. The summed E-state index contributed by atoms with van der Waals surface area (Å²) >= 11 is -2.59. The van der Waals surface area contributed by atoms with Gasteiger partial charge in [-0.3, -0.25) is 4.21 Å². The Morgan fingerprint density at radius 3 is 0.820 bits per heavy atom. The fourth-order valence-corrected chi connectivity index (χ4v) is 13.3. The van der Waals surface area contributed by atoms with Gasteiger partial charge in [-0.25, -0.2) is 68.9 Å². The normalized spacial score (nSPS) is 12.0. The Hall–Kier alpha value is -1.64. The van der Waals surface area contributed by atoms with E-state index in [1.807, 2.05) is 97.1 Å². The van der Waals surface area contributed by atoms with Crippen LogP contribution in [0.5, 0.6) is 0 Å². The van der Waals surface area contributed by atoms with Crippen molar-refractivity contribution in [3.8, 4) is 45.6 Å². The number of sulfone groups is 4. The van der Waals surface area contributed by atoms with Crippen molar-refractivity contribution in [1.82, 2.24) is 39.9 Å². The molecule has 0 aliphatic carbocycles. The third-order valence-corrected chi connectivity index (χ3v) is 19.2. The van der Waals surface area contributed by atoms with Gasteiger partial charge in [-0.1, -0.05) is 97.1 Å². The molecule has 28 nitrogen and oxygen atoms in total. The van der Waals surface area contributed by atoms with E-state index >= 15 is 0 Å². The van der Waals surface area contributed by atoms with Crippen LogP contribution in [0, 0.1) is 7.43 Å². The predicted octanol–water partition coefficient (Wildman–Crippen LogP) is -10.3. The number of hydrogen-bond acceptors (Lipinski definition) is 26. The summed E-state index contributed by atoms with van der Waals surface area (Å²) in [4.78, 5) is 39.3. The van der Waals surface area contributed by atoms with Crippen LogP contribution in [0.2, 0.25) is 0 Å². The summed E-state index contributed by atoms with van der Waals surface area (Å²) < 4.78 is 193. The van der Waals surface area contributed by atoms with Gasteiger partial charge in [0.1, 0.15) is 34.6 Å². The smallest absolute Gasteiger partial charge is 0.772 e. The zero-order valence-corrected chi connectivity index (χ0v) is 64.5. The van der Waals surface area contributed by atoms with Gasteiger partial charge in [0.2, 0.25) is 0 Å². The molecule has 2 aliphatic heterocycles. The van der Waals surface area contributed by atoms with E-state index in [0.29, 0.717) is 45.9 Å². The van der Waals surface area contributed by atoms with Crippen LogP contribution in [-0.2, 0) is 97.9 Å². The van der Waals surface area contributed by atoms with E-state index in [2.05, 4.69) is 0 Å². The van der Waals surface area contributed by atoms with Crippen LogP contribution in [0.4, 0.5) is 0 Å². The van der Waals surface area contributed by atoms with Crippen molar-refractivity contribution in [2.75, 3.05) is 70.7 Å². The van der Waals surface area contributed by atoms with Crippen molar-refractivity contribution in [2.24, 2.45) is 0 Å². The summed E-state index contributed by atoms with van der Waals surface area (Å²) in [5, 5.41) is 10.8. The molecule has 1 unspecified atom stereocenters. The van der Waals surface area contributed by atoms with Crippen molar-refractivity contribution in [3.63, 3.8) is 0 Å². The minimum Gasteiger partial charge on any atom is -0.772 e. The topological polar surface area (TPSA) is 474 Å². The fraction of sp³-hybridized carbons (Fsp3) is 0.312. The predicted molar refractivity (Wildman–Crippen MR) is 312 cm³/mol. The molecule has 2 aliphatic rings. The second kappa shape index (κ2) is 38.8. The van der Waals surface area contributed by atoms with Crippen LogP contribution >= 0.6 is 0 Å². The number of aliphatic hydroxyl groups is 1. The van der Waals surface area contributed by atoms with E-state index in [-0.39, 0.29) is 179 Å². The maximum Gasteiger partial charge on any atom is 2.00 e. The third-order valence-electron chi connectivity index (χ3n) is 10.7. The third kappa shape index (κ3) is 31.6. The summed E-state index contributed by atoms with van der Waals surface area (Å²) in [6.07, 6.45) is 2.61. The Morgan fingerprint density at radius 1 is 0.404 bits per heavy atom. The Bertz CT molecular complexity index is 4000. The Morgan fingerprint density at radius 2 is 0.629 bits per heavy atom. The van der Waals surface area contributed by atoms with Gasteiger partial charge in [0.05, 0.1) is 83.3 Å². The molecule has 41 heteroatoms. The molecule has 1 radical (unpaired) electrons. The number of benzene rings is 4. The molecule has 1 N–H and O–H groups in total. The van der Waals surface area contributed by atoms with Crippen LogP contribution in [0.3, 0.4) is 0 Å². The molecule has 4 aromatic carbocycles. The summed E-state index contributed by atoms with van der Waals surface area (Å²) in [5.74, 6) is -0.890. The molecule has 0 saturated heterocycles. The summed E-state index contributed by atoms with van der Waals surface area (Å²) in [7, 11) is -25.8. The quantitative estimate of drug-likeness (QED) is 0.0406. The monoisotopic (exact) mass is 1470 g/mol. The van der Waals surface area contributed by atoms with Crippen LogP contribution in [0.1, 0.15) is 19.3 Å². The number of nitrogens with zero attached hydrogens (tertiary/aromatic N) is 8. The van der Waals surface area contributed by atoms with E-state index in [1.54, 1.807) is 0 Å². The molecule has 0 fully saturated rings. The fourth-order valence-electron chi connectivity index (χ4n) is 7.30. The molecule has 9 rings (SSSR count). The summed E-state index contributed by atoms with van der Waals surface area (Å²) in [6, 6.07) is 31.8. The second-order valence-corrected chi connectivity index (χ2v) is 32.8. The number of fused-ring (bicyclic) bond motifs is 20. The van der Waals surface area contributed by atoms with Gasteiger partial charge < -0.3 is 60.6 Å². The maximum absolute atomic E-state index is 10.5. The van der Waals surface area contributed by atoms with E-state index in [4.69, 9.17) is 45.0 Å². The van der Waals surface area contributed by atoms with Gasteiger partial charge in [0.25, 0.3) is 0 Å². The van der Waals surface area contributed by atoms with E-state index < -0.39 is 115 Å². The molecule has 0 spiro atoms. The average Bonchev–Trinajstić information content (AvgIpc) is 1.66. The first kappa shape index (κ1) is 89.4. The molecule has 5 heterocycles. The van der Waals surface area contributed by atoms with Crippen LogP contribution in [0.25, 0.3) is 89.7 Å². The first-order chi connectivity index (χ1) is 38.4. The number of aromatic nitrogens is 8. The van der Waals surface area contributed by atoms with Gasteiger partial charge in [-0.15, -0.1) is 0 Å². The largest absolute Gasteiger partial charge is 2.00 e. The number of aliphatic hydroxyl groups excluding tert-OH is 1. The SMILES string of the molecule is CS(=O)(=O)CCCS(=O)(=O)[O-].CS(=O)(=O)CCCS(=O)(=O)[O-].CS(=O)(=O)CCCS(=O)(=O)[O-].O=S([O-])CS(=O)(=O)CCO.[CH3-].[Cu+2].[Na+].[Na+].[Na+].[Na+].c1ccc2c(c1)-c1nc-2nc2[n-]c(nc3nc(nc4[n-]c(n1)c1ccccc41)-c1ccccc1-3)c1ccccc21. The maximum atomic E-state index is 10.5. The molecule has 0 amide bonds. The number of hydrogen-bond donors (Lipinski definition) is 1. The van der Waals surface area contributed by atoms with Gasteiger partial charge >= 0.3 is 135 Å². The molecule has 3 aromatic heterocycles. The Balaban J connectivity index is 0. The molecule has 7 aromatic rings. The molecule has 0 saturated carbocycles. The van der Waals surface area contributed by atoms with Crippen LogP contribution in [0.15, 0.2) is 97.1 Å². The second-order valence-electron chi connectivity index (χ2n) is 18.0. The first-order valence-corrected chi connectivity index (χ1v) is 37.7. The van der Waals surface area contributed by atoms with Crippen molar-refractivity contribution in [1.29, 1.82) is 0 Å². The molecule has 1 atom stereocenters. The van der Waals surface area contributed by atoms with Gasteiger partial charge in [0, 0.05) is 80.9 Å². The van der Waals surface area contributed by atoms with E-state index in [0.717, 1.165) is 62.6 Å². The molecule has 89 heavy (non-hydrogen) atoms. The molecule has 8 bridgehead atoms. The first-order valence-electron chi connectivity index (χ1n) is 23.7. The van der Waals surface area contributed by atoms with Crippen LogP contribution in [-0.4, -0.2) is 187 Å². The average molecular weight is 1470 g/mol. The molecular weight excluding hydrogens is 1420 g/mol. The zero-order chi connectivity index (χ0) is 61.8. The Kier molecular flexibility index (Phi) is 39.0. The molecular formula is C48H53CuN8Na4O20S8-. The summed E-state index contributed by atoms with van der Waals surface area (Å²) in [5.41, 5.74) is 5.78. The molecule has 469 valence electrons. The van der Waals surface area contributed by atoms with Gasteiger partial charge in [0.15, 0.2) is 9.84 Å².